The Bertz CT molecular complexity index is 1410. The van der Waals surface area contributed by atoms with E-state index in [2.05, 4.69) is 14.8 Å². The number of methoxy groups -OCH3 is 1. The van der Waals surface area contributed by atoms with Gasteiger partial charge in [0.1, 0.15) is 5.82 Å². The molecule has 1 saturated heterocycles. The summed E-state index contributed by atoms with van der Waals surface area (Å²) in [4.78, 5) is 17.2. The summed E-state index contributed by atoms with van der Waals surface area (Å²) >= 11 is 0. The fraction of sp³-hybridized carbons (Fsp3) is 0.400. The van der Waals surface area contributed by atoms with E-state index in [1.165, 1.54) is 30.0 Å². The molecule has 0 atom stereocenters. The number of ether oxygens (including phenoxy) is 2. The summed E-state index contributed by atoms with van der Waals surface area (Å²) < 4.78 is 54.9. The summed E-state index contributed by atoms with van der Waals surface area (Å²) in [6, 6.07) is 7.64. The Hall–Kier alpha value is -3.15. The van der Waals surface area contributed by atoms with Crippen LogP contribution < -0.4 is 4.72 Å². The number of carbonyl (C=O) groups is 1. The molecule has 0 saturated carbocycles. The molecule has 0 radical (unpaired) electrons. The van der Waals surface area contributed by atoms with Crippen LogP contribution in [0.1, 0.15) is 42.3 Å². The molecule has 0 bridgehead atoms. The third-order valence-electron chi connectivity index (χ3n) is 6.33. The van der Waals surface area contributed by atoms with E-state index >= 15 is 0 Å². The molecule has 0 unspecified atom stereocenters. The fourth-order valence-corrected chi connectivity index (χ4v) is 5.37. The molecule has 1 amide bonds. The van der Waals surface area contributed by atoms with Crippen LogP contribution in [0.2, 0.25) is 0 Å². The number of nitrogens with zero attached hydrogens (tertiary/aromatic N) is 3. The van der Waals surface area contributed by atoms with Gasteiger partial charge >= 0.3 is 0 Å². The van der Waals surface area contributed by atoms with Crippen LogP contribution in [0.4, 0.5) is 4.39 Å². The van der Waals surface area contributed by atoms with Crippen LogP contribution in [0.25, 0.3) is 11.1 Å². The molecule has 1 aromatic carbocycles. The van der Waals surface area contributed by atoms with Crippen LogP contribution in [-0.4, -0.2) is 49.4 Å². The number of benzene rings is 1. The first kappa shape index (κ1) is 25.9. The summed E-state index contributed by atoms with van der Waals surface area (Å²) in [6.07, 6.45) is 1.34. The summed E-state index contributed by atoms with van der Waals surface area (Å²) in [7, 11) is -1.15. The standard InChI is InChI=1S/C25H29FN4O5S/c1-15(2)19-9-18(26)10-20(17-6-7-27-16(3)8-17)21(19)11-23(31)29-36(32,33)24-12-22(30(4)28-24)25(34-5)13-35-14-25/h6-10,12,15H,11,13-14H2,1-5H3,(H,29,31). The topological polar surface area (TPSA) is 112 Å². The van der Waals surface area contributed by atoms with Gasteiger partial charge in [0.05, 0.1) is 25.3 Å². The summed E-state index contributed by atoms with van der Waals surface area (Å²) in [5, 5.41) is 3.79. The smallest absolute Gasteiger partial charge is 0.283 e. The lowest BCUT2D eigenvalue weighted by Gasteiger charge is -2.39. The van der Waals surface area contributed by atoms with Crippen molar-refractivity contribution in [2.45, 2.75) is 43.7 Å². The lowest BCUT2D eigenvalue weighted by Crippen LogP contribution is -2.49. The number of halogens is 1. The summed E-state index contributed by atoms with van der Waals surface area (Å²) in [6.45, 7) is 6.14. The van der Waals surface area contributed by atoms with Crippen molar-refractivity contribution in [1.82, 2.24) is 19.5 Å². The number of nitrogens with one attached hydrogen (secondary N) is 1. The van der Waals surface area contributed by atoms with Gasteiger partial charge in [-0.2, -0.15) is 13.5 Å². The lowest BCUT2D eigenvalue weighted by molar-refractivity contribution is -0.206. The molecular weight excluding hydrogens is 487 g/mol. The molecule has 1 aliphatic rings. The zero-order valence-corrected chi connectivity index (χ0v) is 21.6. The maximum Gasteiger partial charge on any atom is 0.283 e. The van der Waals surface area contributed by atoms with E-state index in [0.717, 1.165) is 5.69 Å². The third-order valence-corrected chi connectivity index (χ3v) is 7.57. The molecule has 2 aromatic heterocycles. The maximum absolute atomic E-state index is 14.5. The van der Waals surface area contributed by atoms with Crippen molar-refractivity contribution in [3.63, 3.8) is 0 Å². The van der Waals surface area contributed by atoms with E-state index in [9.17, 15) is 17.6 Å². The summed E-state index contributed by atoms with van der Waals surface area (Å²) in [5.74, 6) is -1.29. The van der Waals surface area contributed by atoms with Crippen molar-refractivity contribution in [2.75, 3.05) is 20.3 Å². The zero-order valence-electron chi connectivity index (χ0n) is 20.8. The van der Waals surface area contributed by atoms with Crippen molar-refractivity contribution in [3.05, 3.63) is 64.9 Å². The number of hydrogen-bond acceptors (Lipinski definition) is 7. The van der Waals surface area contributed by atoms with Gasteiger partial charge in [0, 0.05) is 32.1 Å². The van der Waals surface area contributed by atoms with E-state index in [1.807, 2.05) is 20.8 Å². The minimum atomic E-state index is -4.27. The minimum Gasteiger partial charge on any atom is -0.374 e. The Labute approximate surface area is 209 Å². The lowest BCUT2D eigenvalue weighted by atomic mass is 9.88. The molecule has 1 aliphatic heterocycles. The zero-order chi connectivity index (χ0) is 26.3. The van der Waals surface area contributed by atoms with E-state index < -0.39 is 27.3 Å². The van der Waals surface area contributed by atoms with Crippen LogP contribution in [0.3, 0.4) is 0 Å². The molecule has 192 valence electrons. The quantitative estimate of drug-likeness (QED) is 0.490. The molecule has 1 N–H and O–H groups in total. The average molecular weight is 517 g/mol. The number of sulfonamides is 1. The van der Waals surface area contributed by atoms with Gasteiger partial charge in [0.2, 0.25) is 5.91 Å². The Morgan fingerprint density at radius 1 is 1.28 bits per heavy atom. The highest BCUT2D eigenvalue weighted by atomic mass is 32.2. The van der Waals surface area contributed by atoms with E-state index in [4.69, 9.17) is 9.47 Å². The normalized spacial score (nSPS) is 15.1. The van der Waals surface area contributed by atoms with Crippen molar-refractivity contribution >= 4 is 15.9 Å². The number of carbonyl (C=O) groups excluding carboxylic acids is 1. The Morgan fingerprint density at radius 3 is 2.58 bits per heavy atom. The first-order valence-corrected chi connectivity index (χ1v) is 12.9. The van der Waals surface area contributed by atoms with Crippen molar-refractivity contribution in [2.24, 2.45) is 7.05 Å². The van der Waals surface area contributed by atoms with Gasteiger partial charge in [0.25, 0.3) is 10.0 Å². The van der Waals surface area contributed by atoms with Gasteiger partial charge < -0.3 is 9.47 Å². The Balaban J connectivity index is 1.65. The summed E-state index contributed by atoms with van der Waals surface area (Å²) in [5.41, 5.74) is 2.87. The second kappa shape index (κ2) is 9.72. The van der Waals surface area contributed by atoms with Gasteiger partial charge in [-0.1, -0.05) is 13.8 Å². The first-order chi connectivity index (χ1) is 17.0. The minimum absolute atomic E-state index is 0.102. The number of aryl methyl sites for hydroxylation is 2. The van der Waals surface area contributed by atoms with Crippen molar-refractivity contribution in [1.29, 1.82) is 0 Å². The molecule has 0 spiro atoms. The van der Waals surface area contributed by atoms with Crippen LogP contribution in [0.5, 0.6) is 0 Å². The predicted molar refractivity (Wildman–Crippen MR) is 130 cm³/mol. The maximum atomic E-state index is 14.5. The van der Waals surface area contributed by atoms with Crippen LogP contribution >= 0.6 is 0 Å². The van der Waals surface area contributed by atoms with Gasteiger partial charge in [-0.3, -0.25) is 14.5 Å². The second-order valence-electron chi connectivity index (χ2n) is 9.25. The van der Waals surface area contributed by atoms with Crippen LogP contribution in [0, 0.1) is 12.7 Å². The molecular formula is C25H29FN4O5S. The largest absolute Gasteiger partial charge is 0.374 e. The number of amides is 1. The second-order valence-corrected chi connectivity index (χ2v) is 10.9. The molecule has 9 nitrogen and oxygen atoms in total. The molecule has 3 aromatic rings. The highest BCUT2D eigenvalue weighted by Gasteiger charge is 2.44. The van der Waals surface area contributed by atoms with Gasteiger partial charge in [-0.05, 0) is 59.4 Å². The Kier molecular flexibility index (Phi) is 7.00. The van der Waals surface area contributed by atoms with Gasteiger partial charge in [-0.15, -0.1) is 0 Å². The molecule has 36 heavy (non-hydrogen) atoms. The number of hydrogen-bond donors (Lipinski definition) is 1. The molecule has 4 rings (SSSR count). The van der Waals surface area contributed by atoms with Crippen LogP contribution in [-0.2, 0) is 43.4 Å². The van der Waals surface area contributed by atoms with Crippen molar-refractivity contribution in [3.8, 4) is 11.1 Å². The van der Waals surface area contributed by atoms with Crippen molar-refractivity contribution < 1.29 is 27.1 Å². The number of rotatable bonds is 8. The fourth-order valence-electron chi connectivity index (χ4n) is 4.40. The van der Waals surface area contributed by atoms with E-state index in [1.54, 1.807) is 25.4 Å². The number of aromatic nitrogens is 3. The molecule has 11 heteroatoms. The van der Waals surface area contributed by atoms with Crippen LogP contribution in [0.15, 0.2) is 41.6 Å². The Morgan fingerprint density at radius 2 is 2.00 bits per heavy atom. The molecule has 3 heterocycles. The van der Waals surface area contributed by atoms with Gasteiger partial charge in [0.15, 0.2) is 10.6 Å². The highest BCUT2D eigenvalue weighted by molar-refractivity contribution is 7.90. The van der Waals surface area contributed by atoms with E-state index in [0.29, 0.717) is 27.9 Å². The van der Waals surface area contributed by atoms with Gasteiger partial charge in [-0.25, -0.2) is 9.11 Å². The SMILES string of the molecule is COC1(c2cc(S(=O)(=O)NC(=O)Cc3c(-c4ccnc(C)c4)cc(F)cc3C(C)C)nn2C)COC1. The first-order valence-electron chi connectivity index (χ1n) is 11.4. The van der Waals surface area contributed by atoms with E-state index in [-0.39, 0.29) is 30.6 Å². The average Bonchev–Trinajstić information content (AvgIpc) is 3.16. The molecule has 1 fully saturated rings. The number of pyridine rings is 1. The highest BCUT2D eigenvalue weighted by Crippen LogP contribution is 2.34. The predicted octanol–water partition coefficient (Wildman–Crippen LogP) is 2.97. The molecule has 0 aliphatic carbocycles. The monoisotopic (exact) mass is 516 g/mol. The third kappa shape index (κ3) is 4.91.